The summed E-state index contributed by atoms with van der Waals surface area (Å²) >= 11 is 5.83. The molecule has 2 rings (SSSR count). The smallest absolute Gasteiger partial charge is 0.125 e. The van der Waals surface area contributed by atoms with Gasteiger partial charge in [0.15, 0.2) is 0 Å². The second-order valence-corrected chi connectivity index (χ2v) is 8.04. The fraction of sp³-hybridized carbons (Fsp3) is 0.400. The maximum atomic E-state index is 5.83. The van der Waals surface area contributed by atoms with Crippen LogP contribution in [0, 0.1) is 0 Å². The molecule has 1 saturated heterocycles. The topological polar surface area (TPSA) is 31.4 Å². The second-order valence-electron chi connectivity index (χ2n) is 7.44. The van der Waals surface area contributed by atoms with E-state index in [0.29, 0.717) is 0 Å². The molecule has 1 fully saturated rings. The molecule has 1 N–H and O–H groups in total. The van der Waals surface area contributed by atoms with Crippen LogP contribution in [0.25, 0.3) is 5.57 Å². The Kier molecular flexibility index (Phi) is 11.2. The number of hydrogen-bond acceptors (Lipinski definition) is 4. The van der Waals surface area contributed by atoms with Crippen molar-refractivity contribution in [3.05, 3.63) is 77.5 Å². The van der Waals surface area contributed by atoms with E-state index in [0.717, 1.165) is 62.2 Å². The third-order valence-electron chi connectivity index (χ3n) is 5.00. The lowest BCUT2D eigenvalue weighted by Crippen LogP contribution is -2.47. The Bertz CT molecular complexity index is 763. The molecule has 0 amide bonds. The molecular formula is C25H35ClN4. The van der Waals surface area contributed by atoms with Crippen LogP contribution in [0.2, 0.25) is 0 Å². The number of halogens is 1. The Balaban J connectivity index is 1.67. The van der Waals surface area contributed by atoms with Crippen molar-refractivity contribution in [3.8, 4) is 0 Å². The van der Waals surface area contributed by atoms with Gasteiger partial charge in [-0.3, -0.25) is 9.80 Å². The normalized spacial score (nSPS) is 17.6. The third kappa shape index (κ3) is 9.57. The van der Waals surface area contributed by atoms with Crippen molar-refractivity contribution in [1.29, 1.82) is 0 Å². The zero-order chi connectivity index (χ0) is 21.6. The van der Waals surface area contributed by atoms with Gasteiger partial charge < -0.3 is 5.32 Å². The van der Waals surface area contributed by atoms with Crippen molar-refractivity contribution in [3.63, 3.8) is 0 Å². The SMILES string of the molecule is C\C=C/C=C\C=C(/C)c1ccc(NCCN2CCN(C/C=C\C=C(/C)Cl)CC2)nc1. The summed E-state index contributed by atoms with van der Waals surface area (Å²) in [7, 11) is 0. The van der Waals surface area contributed by atoms with Gasteiger partial charge in [0.25, 0.3) is 0 Å². The monoisotopic (exact) mass is 426 g/mol. The lowest BCUT2D eigenvalue weighted by molar-refractivity contribution is 0.146. The van der Waals surface area contributed by atoms with E-state index in [1.54, 1.807) is 0 Å². The van der Waals surface area contributed by atoms with E-state index in [1.807, 2.05) is 50.4 Å². The van der Waals surface area contributed by atoms with Crippen LogP contribution < -0.4 is 5.32 Å². The first-order valence-electron chi connectivity index (χ1n) is 10.7. The van der Waals surface area contributed by atoms with Gasteiger partial charge in [0, 0.05) is 57.0 Å². The molecule has 0 unspecified atom stereocenters. The molecule has 162 valence electrons. The highest BCUT2D eigenvalue weighted by Crippen LogP contribution is 2.14. The van der Waals surface area contributed by atoms with Crippen molar-refractivity contribution in [2.24, 2.45) is 0 Å². The maximum absolute atomic E-state index is 5.83. The van der Waals surface area contributed by atoms with Crippen LogP contribution in [0.4, 0.5) is 5.82 Å². The highest BCUT2D eigenvalue weighted by Gasteiger charge is 2.15. The van der Waals surface area contributed by atoms with E-state index in [9.17, 15) is 0 Å². The van der Waals surface area contributed by atoms with Crippen molar-refractivity contribution in [2.75, 3.05) is 51.1 Å². The standard InChI is InChI=1S/C25H35ClN4/c1-4-5-6-7-10-22(2)24-12-13-25(28-21-24)27-14-16-30-19-17-29(18-20-30)15-9-8-11-23(3)26/h4-13,21H,14-20H2,1-3H3,(H,27,28)/b5-4-,7-6-,9-8-,22-10+,23-11+. The van der Waals surface area contributed by atoms with Gasteiger partial charge in [-0.15, -0.1) is 0 Å². The molecule has 1 aliphatic heterocycles. The van der Waals surface area contributed by atoms with Crippen molar-refractivity contribution in [2.45, 2.75) is 20.8 Å². The van der Waals surface area contributed by atoms with Gasteiger partial charge in [0.05, 0.1) is 0 Å². The Hall–Kier alpha value is -2.14. The van der Waals surface area contributed by atoms with Crippen molar-refractivity contribution < 1.29 is 0 Å². The van der Waals surface area contributed by atoms with Gasteiger partial charge >= 0.3 is 0 Å². The van der Waals surface area contributed by atoms with E-state index in [4.69, 9.17) is 11.6 Å². The molecule has 0 bridgehead atoms. The summed E-state index contributed by atoms with van der Waals surface area (Å²) in [6.07, 6.45) is 18.3. The predicted molar refractivity (Wildman–Crippen MR) is 132 cm³/mol. The largest absolute Gasteiger partial charge is 0.369 e. The molecule has 0 saturated carbocycles. The van der Waals surface area contributed by atoms with Crippen LogP contribution in [-0.4, -0.2) is 60.6 Å². The molecule has 1 aliphatic rings. The third-order valence-corrected chi connectivity index (χ3v) is 5.13. The average molecular weight is 427 g/mol. The van der Waals surface area contributed by atoms with E-state index in [1.165, 1.54) is 5.57 Å². The number of aromatic nitrogens is 1. The summed E-state index contributed by atoms with van der Waals surface area (Å²) in [5.41, 5.74) is 2.35. The van der Waals surface area contributed by atoms with Crippen LogP contribution in [0.15, 0.2) is 72.0 Å². The van der Waals surface area contributed by atoms with Crippen molar-refractivity contribution in [1.82, 2.24) is 14.8 Å². The lowest BCUT2D eigenvalue weighted by Gasteiger charge is -2.34. The molecular weight excluding hydrogens is 392 g/mol. The predicted octanol–water partition coefficient (Wildman–Crippen LogP) is 5.35. The van der Waals surface area contributed by atoms with Crippen molar-refractivity contribution >= 4 is 23.0 Å². The van der Waals surface area contributed by atoms with Gasteiger partial charge in [-0.25, -0.2) is 4.98 Å². The summed E-state index contributed by atoms with van der Waals surface area (Å²) in [6.45, 7) is 13.4. The summed E-state index contributed by atoms with van der Waals surface area (Å²) in [4.78, 5) is 9.54. The molecule has 0 spiro atoms. The fourth-order valence-electron chi connectivity index (χ4n) is 3.15. The highest BCUT2D eigenvalue weighted by atomic mass is 35.5. The number of rotatable bonds is 10. The zero-order valence-electron chi connectivity index (χ0n) is 18.5. The zero-order valence-corrected chi connectivity index (χ0v) is 19.3. The number of allylic oxidation sites excluding steroid dienone is 9. The lowest BCUT2D eigenvalue weighted by atomic mass is 10.1. The summed E-state index contributed by atoms with van der Waals surface area (Å²) < 4.78 is 0. The minimum atomic E-state index is 0.816. The summed E-state index contributed by atoms with van der Waals surface area (Å²) in [5.74, 6) is 0.933. The molecule has 0 atom stereocenters. The number of pyridine rings is 1. The first-order valence-corrected chi connectivity index (χ1v) is 11.1. The van der Waals surface area contributed by atoms with E-state index in [-0.39, 0.29) is 0 Å². The number of anilines is 1. The second kappa shape index (κ2) is 14.0. The Labute approximate surface area is 187 Å². The van der Waals surface area contributed by atoms with Crippen LogP contribution in [-0.2, 0) is 0 Å². The molecule has 30 heavy (non-hydrogen) atoms. The van der Waals surface area contributed by atoms with Gasteiger partial charge in [0.1, 0.15) is 5.82 Å². The molecule has 0 aromatic carbocycles. The highest BCUT2D eigenvalue weighted by molar-refractivity contribution is 6.29. The Morgan fingerprint density at radius 3 is 2.47 bits per heavy atom. The van der Waals surface area contributed by atoms with Crippen LogP contribution in [0.5, 0.6) is 0 Å². The van der Waals surface area contributed by atoms with Crippen LogP contribution >= 0.6 is 11.6 Å². The summed E-state index contributed by atoms with van der Waals surface area (Å²) in [5, 5.41) is 4.26. The molecule has 1 aromatic rings. The molecule has 5 heteroatoms. The molecule has 4 nitrogen and oxygen atoms in total. The molecule has 2 heterocycles. The number of piperazine rings is 1. The van der Waals surface area contributed by atoms with E-state index >= 15 is 0 Å². The minimum Gasteiger partial charge on any atom is -0.369 e. The van der Waals surface area contributed by atoms with Gasteiger partial charge in [-0.2, -0.15) is 0 Å². The number of nitrogens with one attached hydrogen (secondary N) is 1. The molecule has 0 radical (unpaired) electrons. The van der Waals surface area contributed by atoms with Gasteiger partial charge in [-0.05, 0) is 50.1 Å². The number of hydrogen-bond donors (Lipinski definition) is 1. The van der Waals surface area contributed by atoms with Crippen LogP contribution in [0.1, 0.15) is 26.3 Å². The Morgan fingerprint density at radius 1 is 1.03 bits per heavy atom. The molecule has 0 aliphatic carbocycles. The summed E-state index contributed by atoms with van der Waals surface area (Å²) in [6, 6.07) is 4.18. The number of nitrogens with zero attached hydrogens (tertiary/aromatic N) is 3. The molecule has 1 aromatic heterocycles. The van der Waals surface area contributed by atoms with Gasteiger partial charge in [-0.1, -0.05) is 54.1 Å². The van der Waals surface area contributed by atoms with E-state index in [2.05, 4.69) is 57.4 Å². The first kappa shape index (κ1) is 24.1. The fourth-order valence-corrected chi connectivity index (χ4v) is 3.22. The first-order chi connectivity index (χ1) is 14.6. The Morgan fingerprint density at radius 2 is 1.80 bits per heavy atom. The van der Waals surface area contributed by atoms with E-state index < -0.39 is 0 Å². The van der Waals surface area contributed by atoms with Crippen LogP contribution in [0.3, 0.4) is 0 Å². The average Bonchev–Trinajstić information content (AvgIpc) is 2.75. The quantitative estimate of drug-likeness (QED) is 0.511. The maximum Gasteiger partial charge on any atom is 0.125 e. The van der Waals surface area contributed by atoms with Gasteiger partial charge in [0.2, 0.25) is 0 Å². The minimum absolute atomic E-state index is 0.816.